The van der Waals surface area contributed by atoms with Crippen LogP contribution in [0.15, 0.2) is 0 Å². The Morgan fingerprint density at radius 3 is 2.65 bits per heavy atom. The first kappa shape index (κ1) is 14.4. The SMILES string of the molecule is CN(C)CCNC1(C#N)CCCC1S(C)(=O)=O. The maximum Gasteiger partial charge on any atom is 0.153 e. The zero-order chi connectivity index (χ0) is 13.1. The number of nitrogens with zero attached hydrogens (tertiary/aromatic N) is 2. The fourth-order valence-electron chi connectivity index (χ4n) is 2.43. The van der Waals surface area contributed by atoms with E-state index in [-0.39, 0.29) is 0 Å². The van der Waals surface area contributed by atoms with Crippen LogP contribution in [0, 0.1) is 11.3 Å². The molecule has 5 nitrogen and oxygen atoms in total. The molecule has 0 radical (unpaired) electrons. The Kier molecular flexibility index (Phi) is 4.53. The minimum Gasteiger partial charge on any atom is -0.308 e. The minimum atomic E-state index is -3.17. The molecule has 0 bridgehead atoms. The summed E-state index contributed by atoms with van der Waals surface area (Å²) in [6.07, 6.45) is 3.22. The molecule has 1 aliphatic rings. The normalized spacial score (nSPS) is 29.5. The topological polar surface area (TPSA) is 73.2 Å². The second kappa shape index (κ2) is 5.34. The summed E-state index contributed by atoms with van der Waals surface area (Å²) in [7, 11) is 0.724. The van der Waals surface area contributed by atoms with Crippen LogP contribution >= 0.6 is 0 Å². The van der Waals surface area contributed by atoms with Crippen LogP contribution in [-0.2, 0) is 9.84 Å². The first-order chi connectivity index (χ1) is 7.82. The highest BCUT2D eigenvalue weighted by Gasteiger charge is 2.48. The molecule has 1 saturated carbocycles. The summed E-state index contributed by atoms with van der Waals surface area (Å²) in [5, 5.41) is 11.9. The van der Waals surface area contributed by atoms with Crippen molar-refractivity contribution in [2.24, 2.45) is 0 Å². The van der Waals surface area contributed by atoms with Crippen molar-refractivity contribution in [3.05, 3.63) is 0 Å². The molecule has 0 aromatic rings. The quantitative estimate of drug-likeness (QED) is 0.752. The van der Waals surface area contributed by atoms with E-state index in [1.54, 1.807) is 0 Å². The summed E-state index contributed by atoms with van der Waals surface area (Å²) in [5.41, 5.74) is -0.885. The van der Waals surface area contributed by atoms with Crippen LogP contribution in [-0.4, -0.2) is 57.5 Å². The van der Waals surface area contributed by atoms with Gasteiger partial charge >= 0.3 is 0 Å². The Morgan fingerprint density at radius 1 is 1.53 bits per heavy atom. The fourth-order valence-corrected chi connectivity index (χ4v) is 4.01. The summed E-state index contributed by atoms with van der Waals surface area (Å²) in [6, 6.07) is 2.20. The van der Waals surface area contributed by atoms with E-state index in [2.05, 4.69) is 11.4 Å². The number of sulfone groups is 1. The van der Waals surface area contributed by atoms with Crippen molar-refractivity contribution in [3.63, 3.8) is 0 Å². The van der Waals surface area contributed by atoms with Gasteiger partial charge in [0.05, 0.1) is 11.3 Å². The lowest BCUT2D eigenvalue weighted by atomic mass is 9.99. The lowest BCUT2D eigenvalue weighted by Gasteiger charge is -2.29. The predicted octanol–water partition coefficient (Wildman–Crippen LogP) is -0.00292. The van der Waals surface area contributed by atoms with E-state index in [1.807, 2.05) is 19.0 Å². The average Bonchev–Trinajstić information content (AvgIpc) is 2.61. The highest BCUT2D eigenvalue weighted by Crippen LogP contribution is 2.34. The molecule has 1 rings (SSSR count). The zero-order valence-electron chi connectivity index (χ0n) is 10.7. The van der Waals surface area contributed by atoms with E-state index < -0.39 is 20.6 Å². The molecule has 1 fully saturated rings. The first-order valence-electron chi connectivity index (χ1n) is 5.82. The Hall–Kier alpha value is -0.640. The summed E-state index contributed by atoms with van der Waals surface area (Å²) in [6.45, 7) is 1.42. The zero-order valence-corrected chi connectivity index (χ0v) is 11.5. The highest BCUT2D eigenvalue weighted by molar-refractivity contribution is 7.91. The standard InChI is InChI=1S/C11H21N3O2S/c1-14(2)8-7-13-11(9-12)6-4-5-10(11)17(3,15)16/h10,13H,4-8H2,1-3H3. The summed E-state index contributed by atoms with van der Waals surface area (Å²) in [5.74, 6) is 0. The third-order valence-electron chi connectivity index (χ3n) is 3.30. The number of rotatable bonds is 5. The lowest BCUT2D eigenvalue weighted by Crippen LogP contribution is -2.54. The third kappa shape index (κ3) is 3.41. The molecular weight excluding hydrogens is 238 g/mol. The van der Waals surface area contributed by atoms with Gasteiger partial charge in [0.1, 0.15) is 5.54 Å². The summed E-state index contributed by atoms with van der Waals surface area (Å²) >= 11 is 0. The first-order valence-corrected chi connectivity index (χ1v) is 7.77. The predicted molar refractivity (Wildman–Crippen MR) is 67.4 cm³/mol. The Morgan fingerprint density at radius 2 is 2.18 bits per heavy atom. The Balaban J connectivity index is 2.77. The van der Waals surface area contributed by atoms with Crippen LogP contribution < -0.4 is 5.32 Å². The molecule has 0 aliphatic heterocycles. The molecule has 6 heteroatoms. The van der Waals surface area contributed by atoms with E-state index in [4.69, 9.17) is 0 Å². The van der Waals surface area contributed by atoms with Crippen LogP contribution in [0.4, 0.5) is 0 Å². The molecule has 2 unspecified atom stereocenters. The van der Waals surface area contributed by atoms with Crippen molar-refractivity contribution in [1.82, 2.24) is 10.2 Å². The maximum atomic E-state index is 11.7. The van der Waals surface area contributed by atoms with E-state index in [9.17, 15) is 13.7 Å². The molecule has 0 amide bonds. The smallest absolute Gasteiger partial charge is 0.153 e. The molecule has 1 N–H and O–H groups in total. The average molecular weight is 259 g/mol. The molecule has 1 aliphatic carbocycles. The van der Waals surface area contributed by atoms with E-state index in [1.165, 1.54) is 6.26 Å². The Labute approximate surface area is 104 Å². The molecule has 2 atom stereocenters. The van der Waals surface area contributed by atoms with Gasteiger partial charge in [0, 0.05) is 19.3 Å². The lowest BCUT2D eigenvalue weighted by molar-refractivity contribution is 0.354. The van der Waals surface area contributed by atoms with Gasteiger partial charge in [-0.15, -0.1) is 0 Å². The van der Waals surface area contributed by atoms with Gasteiger partial charge in [0.25, 0.3) is 0 Å². The minimum absolute atomic E-state index is 0.567. The van der Waals surface area contributed by atoms with Crippen molar-refractivity contribution >= 4 is 9.84 Å². The molecule has 17 heavy (non-hydrogen) atoms. The second-order valence-corrected chi connectivity index (χ2v) is 7.25. The summed E-state index contributed by atoms with van der Waals surface area (Å²) in [4.78, 5) is 2.00. The van der Waals surface area contributed by atoms with Gasteiger partial charge in [-0.05, 0) is 33.4 Å². The van der Waals surface area contributed by atoms with Crippen molar-refractivity contribution < 1.29 is 8.42 Å². The number of hydrogen-bond acceptors (Lipinski definition) is 5. The second-order valence-electron chi connectivity index (χ2n) is 5.02. The number of likely N-dealkylation sites (N-methyl/N-ethyl adjacent to an activating group) is 1. The molecule has 0 saturated heterocycles. The maximum absolute atomic E-state index is 11.7. The number of nitrogens with one attached hydrogen (secondary N) is 1. The molecule has 0 heterocycles. The van der Waals surface area contributed by atoms with Crippen molar-refractivity contribution in [2.75, 3.05) is 33.4 Å². The third-order valence-corrected chi connectivity index (χ3v) is 4.97. The van der Waals surface area contributed by atoms with Crippen LogP contribution in [0.25, 0.3) is 0 Å². The van der Waals surface area contributed by atoms with Gasteiger partial charge in [-0.1, -0.05) is 0 Å². The van der Waals surface area contributed by atoms with Gasteiger partial charge < -0.3 is 4.90 Å². The van der Waals surface area contributed by atoms with Crippen LogP contribution in [0.5, 0.6) is 0 Å². The molecular formula is C11H21N3O2S. The van der Waals surface area contributed by atoms with Crippen molar-refractivity contribution in [1.29, 1.82) is 5.26 Å². The van der Waals surface area contributed by atoms with E-state index >= 15 is 0 Å². The van der Waals surface area contributed by atoms with Gasteiger partial charge in [-0.25, -0.2) is 8.42 Å². The number of hydrogen-bond donors (Lipinski definition) is 1. The Bertz CT molecular complexity index is 399. The van der Waals surface area contributed by atoms with Crippen LogP contribution in [0.3, 0.4) is 0 Å². The summed E-state index contributed by atoms with van der Waals surface area (Å²) < 4.78 is 23.4. The van der Waals surface area contributed by atoms with E-state index in [0.717, 1.165) is 13.0 Å². The van der Waals surface area contributed by atoms with Gasteiger partial charge in [0.2, 0.25) is 0 Å². The van der Waals surface area contributed by atoms with Gasteiger partial charge in [-0.3, -0.25) is 5.32 Å². The molecule has 0 spiro atoms. The van der Waals surface area contributed by atoms with Crippen molar-refractivity contribution in [3.8, 4) is 6.07 Å². The van der Waals surface area contributed by atoms with Crippen LogP contribution in [0.2, 0.25) is 0 Å². The molecule has 98 valence electrons. The van der Waals surface area contributed by atoms with Gasteiger partial charge in [0.15, 0.2) is 9.84 Å². The largest absolute Gasteiger partial charge is 0.308 e. The monoisotopic (exact) mass is 259 g/mol. The van der Waals surface area contributed by atoms with Gasteiger partial charge in [-0.2, -0.15) is 5.26 Å². The van der Waals surface area contributed by atoms with E-state index in [0.29, 0.717) is 19.4 Å². The number of nitriles is 1. The molecule has 0 aromatic carbocycles. The van der Waals surface area contributed by atoms with Crippen molar-refractivity contribution in [2.45, 2.75) is 30.1 Å². The highest BCUT2D eigenvalue weighted by atomic mass is 32.2. The van der Waals surface area contributed by atoms with Crippen LogP contribution in [0.1, 0.15) is 19.3 Å². The molecule has 0 aromatic heterocycles. The fraction of sp³-hybridized carbons (Fsp3) is 0.909.